The Morgan fingerprint density at radius 3 is 1.69 bits per heavy atom. The molecule has 6 aromatic carbocycles. The molecule has 0 aromatic heterocycles. The van der Waals surface area contributed by atoms with Gasteiger partial charge in [0.2, 0.25) is 0 Å². The molecule has 74 heavy (non-hydrogen) atoms. The second-order valence-electron chi connectivity index (χ2n) is 18.7. The van der Waals surface area contributed by atoms with Crippen LogP contribution in [0.1, 0.15) is 68.6 Å². The minimum absolute atomic E-state index is 0.0404. The summed E-state index contributed by atoms with van der Waals surface area (Å²) in [6.45, 7) is -0.901. The van der Waals surface area contributed by atoms with Crippen molar-refractivity contribution in [1.82, 2.24) is 0 Å². The van der Waals surface area contributed by atoms with E-state index < -0.39 is 154 Å². The molecule has 0 saturated carbocycles. The molecule has 23 nitrogen and oxygen atoms in total. The van der Waals surface area contributed by atoms with Gasteiger partial charge in [0.15, 0.2) is 53.0 Å². The summed E-state index contributed by atoms with van der Waals surface area (Å²) >= 11 is 0. The molecule has 23 heteroatoms. The molecule has 388 valence electrons. The van der Waals surface area contributed by atoms with Gasteiger partial charge in [-0.15, -0.1) is 0 Å². The number of benzene rings is 6. The van der Waals surface area contributed by atoms with Gasteiger partial charge in [-0.05, 0) is 53.6 Å². The number of aliphatic hydroxyl groups excluding tert-OH is 6. The van der Waals surface area contributed by atoms with Gasteiger partial charge < -0.3 is 115 Å². The highest BCUT2D eigenvalue weighted by atomic mass is 16.8. The van der Waals surface area contributed by atoms with Crippen LogP contribution in [0.15, 0.2) is 78.9 Å². The van der Waals surface area contributed by atoms with Crippen molar-refractivity contribution in [2.45, 2.75) is 85.3 Å². The van der Waals surface area contributed by atoms with Crippen molar-refractivity contribution in [3.8, 4) is 86.2 Å². The molecule has 0 amide bonds. The van der Waals surface area contributed by atoms with Gasteiger partial charge in [0.05, 0.1) is 24.5 Å². The normalized spacial score (nSPS) is 29.5. The quantitative estimate of drug-likeness (QED) is 0.102. The van der Waals surface area contributed by atoms with Crippen molar-refractivity contribution < 1.29 is 115 Å². The summed E-state index contributed by atoms with van der Waals surface area (Å²) in [5, 5.41) is 189. The molecule has 11 rings (SSSR count). The van der Waals surface area contributed by atoms with Crippen LogP contribution in [0, 0.1) is 0 Å². The first-order valence-electron chi connectivity index (χ1n) is 22.8. The Bertz CT molecular complexity index is 3250. The molecule has 6 aromatic rings. The maximum Gasteiger partial charge on any atom is 0.305 e. The first kappa shape index (κ1) is 48.3. The van der Waals surface area contributed by atoms with Crippen LogP contribution in [-0.4, -0.2) is 142 Å². The van der Waals surface area contributed by atoms with Crippen molar-refractivity contribution >= 4 is 0 Å². The number of rotatable bonds is 7. The summed E-state index contributed by atoms with van der Waals surface area (Å²) in [6, 6.07) is 14.2. The first-order chi connectivity index (χ1) is 35.2. The summed E-state index contributed by atoms with van der Waals surface area (Å²) in [4.78, 5) is 0. The fourth-order valence-electron chi connectivity index (χ4n) is 10.8. The minimum atomic E-state index is -2.52. The highest BCUT2D eigenvalue weighted by Gasteiger charge is 2.64. The van der Waals surface area contributed by atoms with Crippen LogP contribution < -0.4 is 18.9 Å². The Balaban J connectivity index is 1.20. The number of hydrogen-bond donors (Lipinski definition) is 17. The largest absolute Gasteiger partial charge is 0.508 e. The second kappa shape index (κ2) is 17.3. The van der Waals surface area contributed by atoms with Gasteiger partial charge in [0, 0.05) is 64.1 Å². The van der Waals surface area contributed by atoms with E-state index in [1.165, 1.54) is 18.2 Å². The molecule has 0 unspecified atom stereocenters. The zero-order valence-corrected chi connectivity index (χ0v) is 37.9. The average molecular weight is 1030 g/mol. The van der Waals surface area contributed by atoms with E-state index in [9.17, 15) is 86.8 Å². The number of ether oxygens (including phenoxy) is 6. The van der Waals surface area contributed by atoms with Crippen LogP contribution in [-0.2, 0) is 21.7 Å². The van der Waals surface area contributed by atoms with Crippen molar-refractivity contribution in [2.75, 3.05) is 6.61 Å². The molecule has 5 aliphatic heterocycles. The highest BCUT2D eigenvalue weighted by Crippen LogP contribution is 2.66. The molecule has 5 heterocycles. The summed E-state index contributed by atoms with van der Waals surface area (Å²) in [6.07, 6.45) is -18.3. The lowest BCUT2D eigenvalue weighted by Crippen LogP contribution is -2.64. The predicted molar refractivity (Wildman–Crippen MR) is 245 cm³/mol. The lowest BCUT2D eigenvalue weighted by molar-refractivity contribution is -0.345. The number of aliphatic hydroxyl groups is 6. The van der Waals surface area contributed by atoms with E-state index in [2.05, 4.69) is 0 Å². The van der Waals surface area contributed by atoms with Crippen molar-refractivity contribution in [3.63, 3.8) is 0 Å². The van der Waals surface area contributed by atoms with Crippen LogP contribution in [0.2, 0.25) is 0 Å². The van der Waals surface area contributed by atoms with Gasteiger partial charge in [-0.1, -0.05) is 12.1 Å². The number of phenolic OH excluding ortho intramolecular Hbond substituents is 11. The fraction of sp³-hybridized carbons (Fsp3) is 0.294. The Morgan fingerprint density at radius 2 is 1.05 bits per heavy atom. The van der Waals surface area contributed by atoms with Crippen LogP contribution in [0.5, 0.6) is 86.2 Å². The highest BCUT2D eigenvalue weighted by molar-refractivity contribution is 5.72. The van der Waals surface area contributed by atoms with Gasteiger partial charge >= 0.3 is 5.79 Å². The van der Waals surface area contributed by atoms with E-state index in [4.69, 9.17) is 28.4 Å². The van der Waals surface area contributed by atoms with Gasteiger partial charge in [0.1, 0.15) is 88.4 Å². The molecule has 0 spiro atoms. The first-order valence-corrected chi connectivity index (χ1v) is 22.8. The topological polar surface area (TPSA) is 399 Å². The number of aromatic hydroxyl groups is 11. The molecule has 13 atom stereocenters. The number of fused-ring (bicyclic) bond motifs is 9. The Morgan fingerprint density at radius 1 is 0.486 bits per heavy atom. The second-order valence-corrected chi connectivity index (χ2v) is 18.7. The zero-order chi connectivity index (χ0) is 52.6. The van der Waals surface area contributed by atoms with Crippen LogP contribution in [0.3, 0.4) is 0 Å². The molecule has 1 saturated heterocycles. The van der Waals surface area contributed by atoms with E-state index in [-0.39, 0.29) is 68.2 Å². The molecular weight excluding hydrogens is 981 g/mol. The molecule has 5 aliphatic rings. The minimum Gasteiger partial charge on any atom is -0.508 e. The molecule has 0 radical (unpaired) electrons. The molecular formula is C51H46O23. The number of hydrogen-bond acceptors (Lipinski definition) is 23. The molecule has 2 bridgehead atoms. The van der Waals surface area contributed by atoms with Crippen molar-refractivity contribution in [1.29, 1.82) is 0 Å². The van der Waals surface area contributed by atoms with E-state index in [0.717, 1.165) is 60.7 Å². The summed E-state index contributed by atoms with van der Waals surface area (Å²) in [5.74, 6) is -14.3. The SMILES string of the molecule is OC[C@H]1O[C@@H](O[C@@H]2[C@@H]3c4c(O)cc(O)cc4O[C@@]2(c2ccc(O)c(O)c2)Oc2cc(O)c4c(c23)O[C@H](c2ccc(O)c(O)c2)[C@H](O)[C@H]4c2c(O)cc(O)c3c2O[C@H](c2ccc(O)c(O)c2)[C@H](O)C3)[C@H](O)[C@@H](O)[C@H]1O. The van der Waals surface area contributed by atoms with Gasteiger partial charge in [-0.3, -0.25) is 0 Å². The Labute approximate surface area is 415 Å². The lowest BCUT2D eigenvalue weighted by atomic mass is 9.71. The van der Waals surface area contributed by atoms with E-state index in [1.54, 1.807) is 0 Å². The van der Waals surface area contributed by atoms with E-state index >= 15 is 0 Å². The number of phenols is 11. The van der Waals surface area contributed by atoms with Crippen LogP contribution in [0.4, 0.5) is 0 Å². The molecule has 1 fully saturated rings. The molecule has 17 N–H and O–H groups in total. The third-order valence-corrected chi connectivity index (χ3v) is 14.3. The van der Waals surface area contributed by atoms with Gasteiger partial charge in [-0.2, -0.15) is 0 Å². The lowest BCUT2D eigenvalue weighted by Gasteiger charge is -2.53. The monoisotopic (exact) mass is 1030 g/mol. The third-order valence-electron chi connectivity index (χ3n) is 14.3. The Kier molecular flexibility index (Phi) is 11.3. The smallest absolute Gasteiger partial charge is 0.305 e. The summed E-state index contributed by atoms with van der Waals surface area (Å²) in [5.41, 5.74) is -1.30. The summed E-state index contributed by atoms with van der Waals surface area (Å²) in [7, 11) is 0. The fourth-order valence-corrected chi connectivity index (χ4v) is 10.8. The van der Waals surface area contributed by atoms with Crippen molar-refractivity contribution in [2.24, 2.45) is 0 Å². The zero-order valence-electron chi connectivity index (χ0n) is 37.9. The van der Waals surface area contributed by atoms with Crippen molar-refractivity contribution in [3.05, 3.63) is 123 Å². The molecule has 0 aliphatic carbocycles. The van der Waals surface area contributed by atoms with E-state index in [1.807, 2.05) is 0 Å². The maximum atomic E-state index is 12.8. The van der Waals surface area contributed by atoms with Gasteiger partial charge in [0.25, 0.3) is 0 Å². The maximum absolute atomic E-state index is 12.8. The third kappa shape index (κ3) is 7.26. The van der Waals surface area contributed by atoms with Gasteiger partial charge in [-0.25, -0.2) is 0 Å². The summed E-state index contributed by atoms with van der Waals surface area (Å²) < 4.78 is 38.8. The van der Waals surface area contributed by atoms with E-state index in [0.29, 0.717) is 0 Å². The standard InChI is InChI=1S/C51H46O23/c52-15-34-41(65)43(67)44(68)50(69-34)72-49-40-35-28(61)10-19(53)11-32(35)73-51(49,18-3-6-23(56)27(60)9-18)74-33-14-30(63)37-39(42(66)46(71-48(37)38(33)40)17-2-5-22(55)26(59)8-17)36-29(62)13-24(57)20-12-31(64)45(70-47(20)36)16-1-4-21(54)25(58)7-16/h1-11,13-14,31,34,39-46,49-50,52-68H,12,15H2/t31-,34-,39+,40-,41+,42-,43+,44-,45-,46-,49-,50+,51+/m1/s1. The average Bonchev–Trinajstić information content (AvgIpc) is 3.36. The van der Waals surface area contributed by atoms with Crippen LogP contribution in [0.25, 0.3) is 0 Å². The predicted octanol–water partition coefficient (Wildman–Crippen LogP) is 2.07. The Hall–Kier alpha value is -8.00. The van der Waals surface area contributed by atoms with Crippen LogP contribution >= 0.6 is 0 Å².